The molecule has 0 amide bonds. The van der Waals surface area contributed by atoms with Crippen LogP contribution in [0.2, 0.25) is 0 Å². The molecule has 0 spiro atoms. The first-order chi connectivity index (χ1) is 11.0. The summed E-state index contributed by atoms with van der Waals surface area (Å²) in [7, 11) is 2.57. The van der Waals surface area contributed by atoms with Gasteiger partial charge in [-0.1, -0.05) is 12.1 Å². The smallest absolute Gasteiger partial charge is 0.261 e. The van der Waals surface area contributed by atoms with E-state index in [1.165, 1.54) is 6.33 Å². The second-order valence-electron chi connectivity index (χ2n) is 5.63. The van der Waals surface area contributed by atoms with Crippen LogP contribution < -0.4 is 11.3 Å². The second-order valence-corrected chi connectivity index (χ2v) is 6.04. The van der Waals surface area contributed by atoms with Gasteiger partial charge in [0.05, 0.1) is 22.8 Å². The van der Waals surface area contributed by atoms with E-state index in [2.05, 4.69) is 24.4 Å². The van der Waals surface area contributed by atoms with Crippen LogP contribution in [0.5, 0.6) is 0 Å². The van der Waals surface area contributed by atoms with E-state index in [0.29, 0.717) is 41.8 Å². The zero-order valence-electron chi connectivity index (χ0n) is 12.8. The van der Waals surface area contributed by atoms with Crippen molar-refractivity contribution >= 4 is 20.1 Å². The SMILES string of the molecule is C[C@@](N)(CP)c1nnc(CCn2cnc3ccccc3c2=O)o1. The highest BCUT2D eigenvalue weighted by Gasteiger charge is 2.25. The van der Waals surface area contributed by atoms with Gasteiger partial charge < -0.3 is 10.2 Å². The predicted molar refractivity (Wildman–Crippen MR) is 90.1 cm³/mol. The largest absolute Gasteiger partial charge is 0.423 e. The topological polar surface area (TPSA) is 99.8 Å². The maximum atomic E-state index is 12.4. The van der Waals surface area contributed by atoms with Crippen molar-refractivity contribution in [1.29, 1.82) is 0 Å². The molecule has 23 heavy (non-hydrogen) atoms. The minimum Gasteiger partial charge on any atom is -0.423 e. The summed E-state index contributed by atoms with van der Waals surface area (Å²) in [5, 5.41) is 8.58. The van der Waals surface area contributed by atoms with Crippen molar-refractivity contribution < 1.29 is 4.42 Å². The fourth-order valence-electron chi connectivity index (χ4n) is 2.15. The molecule has 0 aliphatic rings. The van der Waals surface area contributed by atoms with E-state index >= 15 is 0 Å². The van der Waals surface area contributed by atoms with Crippen molar-refractivity contribution in [1.82, 2.24) is 19.7 Å². The van der Waals surface area contributed by atoms with Crippen LogP contribution in [0.3, 0.4) is 0 Å². The van der Waals surface area contributed by atoms with Crippen molar-refractivity contribution in [3.8, 4) is 0 Å². The first-order valence-electron chi connectivity index (χ1n) is 7.27. The summed E-state index contributed by atoms with van der Waals surface area (Å²) in [6.07, 6.45) is 2.60. The molecule has 0 saturated heterocycles. The Bertz CT molecular complexity index is 887. The summed E-state index contributed by atoms with van der Waals surface area (Å²) in [6.45, 7) is 2.25. The van der Waals surface area contributed by atoms with Gasteiger partial charge in [-0.25, -0.2) is 4.98 Å². The summed E-state index contributed by atoms with van der Waals surface area (Å²) < 4.78 is 7.14. The van der Waals surface area contributed by atoms with E-state index in [0.717, 1.165) is 0 Å². The highest BCUT2D eigenvalue weighted by Crippen LogP contribution is 2.18. The van der Waals surface area contributed by atoms with Gasteiger partial charge in [-0.15, -0.1) is 19.4 Å². The number of para-hydroxylation sites is 1. The monoisotopic (exact) mass is 331 g/mol. The number of hydrogen-bond donors (Lipinski definition) is 1. The Hall–Kier alpha value is -2.11. The van der Waals surface area contributed by atoms with E-state index in [1.54, 1.807) is 10.6 Å². The van der Waals surface area contributed by atoms with Crippen molar-refractivity contribution in [2.75, 3.05) is 6.16 Å². The Balaban J connectivity index is 1.79. The Morgan fingerprint density at radius 3 is 2.91 bits per heavy atom. The van der Waals surface area contributed by atoms with Gasteiger partial charge in [-0.3, -0.25) is 9.36 Å². The molecule has 0 aliphatic heterocycles. The Morgan fingerprint density at radius 1 is 1.35 bits per heavy atom. The summed E-state index contributed by atoms with van der Waals surface area (Å²) in [4.78, 5) is 16.7. The van der Waals surface area contributed by atoms with Crippen molar-refractivity contribution in [2.45, 2.75) is 25.4 Å². The highest BCUT2D eigenvalue weighted by atomic mass is 31.0. The molecule has 1 unspecified atom stereocenters. The molecule has 3 rings (SSSR count). The molecule has 7 nitrogen and oxygen atoms in total. The maximum Gasteiger partial charge on any atom is 0.261 e. The van der Waals surface area contributed by atoms with E-state index in [1.807, 2.05) is 25.1 Å². The third-order valence-corrected chi connectivity index (χ3v) is 4.53. The van der Waals surface area contributed by atoms with Crippen molar-refractivity contribution in [2.24, 2.45) is 5.73 Å². The highest BCUT2D eigenvalue weighted by molar-refractivity contribution is 7.16. The maximum absolute atomic E-state index is 12.4. The zero-order chi connectivity index (χ0) is 16.4. The Kier molecular flexibility index (Phi) is 4.24. The number of aromatic nitrogens is 4. The van der Waals surface area contributed by atoms with E-state index in [4.69, 9.17) is 10.2 Å². The lowest BCUT2D eigenvalue weighted by atomic mass is 10.1. The quantitative estimate of drug-likeness (QED) is 0.702. The van der Waals surface area contributed by atoms with Crippen LogP contribution in [0.25, 0.3) is 10.9 Å². The second kappa shape index (κ2) is 6.18. The van der Waals surface area contributed by atoms with Gasteiger partial charge in [0.15, 0.2) is 0 Å². The lowest BCUT2D eigenvalue weighted by Gasteiger charge is -2.16. The Labute approximate surface area is 135 Å². The molecular formula is C15H18N5O2P. The number of aryl methyl sites for hydroxylation is 2. The fourth-order valence-corrected chi connectivity index (χ4v) is 2.33. The third-order valence-electron chi connectivity index (χ3n) is 3.68. The molecule has 0 aliphatic carbocycles. The summed E-state index contributed by atoms with van der Waals surface area (Å²) >= 11 is 0. The minimum absolute atomic E-state index is 0.0797. The molecule has 1 aromatic carbocycles. The van der Waals surface area contributed by atoms with E-state index < -0.39 is 5.54 Å². The molecule has 8 heteroatoms. The van der Waals surface area contributed by atoms with Crippen LogP contribution in [-0.2, 0) is 18.5 Å². The van der Waals surface area contributed by atoms with Crippen LogP contribution >= 0.6 is 9.24 Å². The summed E-state index contributed by atoms with van der Waals surface area (Å²) in [5.74, 6) is 0.849. The molecule has 0 fully saturated rings. The number of nitrogens with zero attached hydrogens (tertiary/aromatic N) is 4. The number of nitrogens with two attached hydrogens (primary N) is 1. The fraction of sp³-hybridized carbons (Fsp3) is 0.333. The minimum atomic E-state index is -0.669. The zero-order valence-corrected chi connectivity index (χ0v) is 13.9. The molecule has 2 atom stereocenters. The van der Waals surface area contributed by atoms with Crippen LogP contribution in [0.1, 0.15) is 18.7 Å². The molecule has 2 aromatic heterocycles. The number of rotatable bonds is 5. The van der Waals surface area contributed by atoms with Crippen LogP contribution in [-0.4, -0.2) is 25.9 Å². The van der Waals surface area contributed by atoms with Crippen molar-refractivity contribution in [3.63, 3.8) is 0 Å². The number of hydrogen-bond acceptors (Lipinski definition) is 6. The van der Waals surface area contributed by atoms with Gasteiger partial charge >= 0.3 is 0 Å². The van der Waals surface area contributed by atoms with Crippen molar-refractivity contribution in [3.05, 3.63) is 52.7 Å². The first-order valence-corrected chi connectivity index (χ1v) is 8.09. The first kappa shape index (κ1) is 15.8. The van der Waals surface area contributed by atoms with Gasteiger partial charge in [0.2, 0.25) is 11.8 Å². The van der Waals surface area contributed by atoms with Gasteiger partial charge in [0, 0.05) is 13.0 Å². The standard InChI is InChI=1S/C15H18N5O2P/c1-15(16,8-23)14-19-18-12(22-14)6-7-20-9-17-11-5-3-2-4-10(11)13(20)21/h2-5,9H,6-8,16,23H2,1H3/t15-/m1/s1. The predicted octanol–water partition coefficient (Wildman–Crippen LogP) is 1.07. The Morgan fingerprint density at radius 2 is 2.13 bits per heavy atom. The lowest BCUT2D eigenvalue weighted by molar-refractivity contribution is 0.359. The normalized spacial score (nSPS) is 14.0. The molecule has 2 N–H and O–H groups in total. The van der Waals surface area contributed by atoms with E-state index in [9.17, 15) is 4.79 Å². The van der Waals surface area contributed by atoms with Crippen LogP contribution in [0, 0.1) is 0 Å². The summed E-state index contributed by atoms with van der Waals surface area (Å²) in [5.41, 5.74) is 6.00. The average Bonchev–Trinajstić information content (AvgIpc) is 3.04. The average molecular weight is 331 g/mol. The molecule has 0 radical (unpaired) electrons. The van der Waals surface area contributed by atoms with Gasteiger partial charge in [0.25, 0.3) is 5.56 Å². The summed E-state index contributed by atoms with van der Waals surface area (Å²) in [6, 6.07) is 7.26. The third kappa shape index (κ3) is 3.16. The molecule has 0 bridgehead atoms. The molecular weight excluding hydrogens is 313 g/mol. The number of fused-ring (bicyclic) bond motifs is 1. The van der Waals surface area contributed by atoms with Crippen LogP contribution in [0.4, 0.5) is 0 Å². The van der Waals surface area contributed by atoms with Gasteiger partial charge in [-0.2, -0.15) is 0 Å². The molecule has 3 aromatic rings. The van der Waals surface area contributed by atoms with E-state index in [-0.39, 0.29) is 5.56 Å². The van der Waals surface area contributed by atoms with Gasteiger partial charge in [-0.05, 0) is 25.2 Å². The molecule has 0 saturated carbocycles. The molecule has 120 valence electrons. The lowest BCUT2D eigenvalue weighted by Crippen LogP contribution is -2.35. The van der Waals surface area contributed by atoms with Gasteiger partial charge in [0.1, 0.15) is 0 Å². The van der Waals surface area contributed by atoms with Crippen LogP contribution in [0.15, 0.2) is 39.8 Å². The molecule has 2 heterocycles. The number of benzene rings is 1.